The van der Waals surface area contributed by atoms with Gasteiger partial charge in [0.25, 0.3) is 5.60 Å². The summed E-state index contributed by atoms with van der Waals surface area (Å²) in [6.07, 6.45) is -9.64. The van der Waals surface area contributed by atoms with Crippen molar-refractivity contribution in [3.8, 4) is 0 Å². The smallest absolute Gasteiger partial charge is 0.373 e. The molecule has 0 saturated heterocycles. The normalized spacial score (nSPS) is 19.9. The zero-order chi connectivity index (χ0) is 19.0. The second-order valence-corrected chi connectivity index (χ2v) is 6.76. The van der Waals surface area contributed by atoms with Crippen LogP contribution in [0.2, 0.25) is 0 Å². The van der Waals surface area contributed by atoms with E-state index in [0.717, 1.165) is 30.4 Å². The molecule has 0 spiro atoms. The van der Waals surface area contributed by atoms with E-state index in [-0.39, 0.29) is 5.41 Å². The van der Waals surface area contributed by atoms with E-state index in [2.05, 4.69) is 0 Å². The summed E-state index contributed by atoms with van der Waals surface area (Å²) in [5, 5.41) is 9.03. The SMILES string of the molecule is CC1=C(/C=C/C(=O)CC(O)(C(F)(F)F)C(F)(F)F)C(C)(C)CCC1. The fraction of sp³-hybridized carbons (Fsp3) is 0.688. The lowest BCUT2D eigenvalue weighted by Crippen LogP contribution is -2.57. The van der Waals surface area contributed by atoms with Crippen LogP contribution in [0.25, 0.3) is 0 Å². The van der Waals surface area contributed by atoms with Crippen molar-refractivity contribution in [2.75, 3.05) is 0 Å². The topological polar surface area (TPSA) is 37.3 Å². The number of aliphatic hydroxyl groups is 1. The summed E-state index contributed by atoms with van der Waals surface area (Å²) in [4.78, 5) is 11.6. The maximum Gasteiger partial charge on any atom is 0.426 e. The Labute approximate surface area is 136 Å². The summed E-state index contributed by atoms with van der Waals surface area (Å²) in [6.45, 7) is 5.59. The molecule has 2 nitrogen and oxygen atoms in total. The molecule has 0 atom stereocenters. The molecule has 0 bridgehead atoms. The highest BCUT2D eigenvalue weighted by Crippen LogP contribution is 2.45. The Morgan fingerprint density at radius 1 is 1.17 bits per heavy atom. The second kappa shape index (κ2) is 6.54. The first kappa shape index (κ1) is 20.7. The van der Waals surface area contributed by atoms with Crippen molar-refractivity contribution in [3.05, 3.63) is 23.3 Å². The third-order valence-corrected chi connectivity index (χ3v) is 4.35. The van der Waals surface area contributed by atoms with Gasteiger partial charge in [-0.05, 0) is 43.3 Å². The minimum absolute atomic E-state index is 0.316. The zero-order valence-corrected chi connectivity index (χ0v) is 13.6. The summed E-state index contributed by atoms with van der Waals surface area (Å²) >= 11 is 0. The molecular weight excluding hydrogens is 338 g/mol. The zero-order valence-electron chi connectivity index (χ0n) is 13.6. The molecule has 1 aliphatic carbocycles. The van der Waals surface area contributed by atoms with Crippen LogP contribution in [0.4, 0.5) is 26.3 Å². The molecule has 8 heteroatoms. The van der Waals surface area contributed by atoms with E-state index in [4.69, 9.17) is 5.11 Å². The van der Waals surface area contributed by atoms with Crippen LogP contribution in [0.3, 0.4) is 0 Å². The molecule has 0 fully saturated rings. The van der Waals surface area contributed by atoms with Gasteiger partial charge in [-0.1, -0.05) is 25.5 Å². The van der Waals surface area contributed by atoms with Crippen molar-refractivity contribution < 1.29 is 36.2 Å². The lowest BCUT2D eigenvalue weighted by molar-refractivity contribution is -0.366. The van der Waals surface area contributed by atoms with Gasteiger partial charge < -0.3 is 5.11 Å². The highest BCUT2D eigenvalue weighted by atomic mass is 19.4. The molecule has 24 heavy (non-hydrogen) atoms. The first-order valence-electron chi connectivity index (χ1n) is 7.39. The van der Waals surface area contributed by atoms with Crippen molar-refractivity contribution in [1.82, 2.24) is 0 Å². The molecule has 0 heterocycles. The maximum absolute atomic E-state index is 12.6. The minimum Gasteiger partial charge on any atom is -0.373 e. The second-order valence-electron chi connectivity index (χ2n) is 6.76. The third kappa shape index (κ3) is 4.20. The van der Waals surface area contributed by atoms with Crippen LogP contribution in [-0.2, 0) is 4.79 Å². The van der Waals surface area contributed by atoms with Crippen LogP contribution in [0.15, 0.2) is 23.3 Å². The first-order valence-corrected chi connectivity index (χ1v) is 7.39. The van der Waals surface area contributed by atoms with Crippen LogP contribution >= 0.6 is 0 Å². The van der Waals surface area contributed by atoms with E-state index < -0.39 is 30.2 Å². The van der Waals surface area contributed by atoms with Gasteiger partial charge >= 0.3 is 12.4 Å². The molecule has 0 radical (unpaired) electrons. The number of ketones is 1. The van der Waals surface area contributed by atoms with E-state index in [9.17, 15) is 31.1 Å². The number of carbonyl (C=O) groups is 1. The van der Waals surface area contributed by atoms with Crippen LogP contribution in [0, 0.1) is 5.41 Å². The molecule has 0 amide bonds. The van der Waals surface area contributed by atoms with Crippen molar-refractivity contribution in [2.45, 2.75) is 64.4 Å². The van der Waals surface area contributed by atoms with Crippen LogP contribution < -0.4 is 0 Å². The predicted molar refractivity (Wildman–Crippen MR) is 76.2 cm³/mol. The van der Waals surface area contributed by atoms with Crippen molar-refractivity contribution in [3.63, 3.8) is 0 Å². The summed E-state index contributed by atoms with van der Waals surface area (Å²) in [7, 11) is 0. The van der Waals surface area contributed by atoms with Crippen LogP contribution in [0.1, 0.15) is 46.5 Å². The highest BCUT2D eigenvalue weighted by Gasteiger charge is 2.70. The van der Waals surface area contributed by atoms with Crippen LogP contribution in [-0.4, -0.2) is 28.8 Å². The van der Waals surface area contributed by atoms with Crippen molar-refractivity contribution in [2.24, 2.45) is 5.41 Å². The molecule has 0 saturated carbocycles. The third-order valence-electron chi connectivity index (χ3n) is 4.35. The average molecular weight is 358 g/mol. The lowest BCUT2D eigenvalue weighted by atomic mass is 9.72. The van der Waals surface area contributed by atoms with E-state index >= 15 is 0 Å². The number of hydrogen-bond acceptors (Lipinski definition) is 2. The molecule has 1 aliphatic rings. The molecule has 0 aromatic rings. The number of hydrogen-bond donors (Lipinski definition) is 1. The first-order chi connectivity index (χ1) is 10.6. The number of carbonyl (C=O) groups excluding carboxylic acids is 1. The summed E-state index contributed by atoms with van der Waals surface area (Å²) in [5.74, 6) is -1.44. The highest BCUT2D eigenvalue weighted by molar-refractivity contribution is 5.91. The Hall–Kier alpha value is -1.31. The van der Waals surface area contributed by atoms with Crippen molar-refractivity contribution >= 4 is 5.78 Å². The molecule has 0 unspecified atom stereocenters. The summed E-state index contributed by atoms with van der Waals surface area (Å²) in [6, 6.07) is 0. The number of allylic oxidation sites excluding steroid dienone is 4. The molecule has 1 rings (SSSR count). The number of alkyl halides is 6. The van der Waals surface area contributed by atoms with E-state index in [0.29, 0.717) is 6.08 Å². The van der Waals surface area contributed by atoms with Gasteiger partial charge in [-0.15, -0.1) is 0 Å². The Balaban J connectivity index is 3.03. The van der Waals surface area contributed by atoms with Gasteiger partial charge in [0.2, 0.25) is 0 Å². The number of halogens is 6. The van der Waals surface area contributed by atoms with Gasteiger partial charge in [-0.2, -0.15) is 26.3 Å². The standard InChI is InChI=1S/C16H20F6O2/c1-10-5-4-8-13(2,3)12(10)7-6-11(23)9-14(24,15(17,18)19)16(20,21)22/h6-7,24H,4-5,8-9H2,1-3H3/b7-6+. The Bertz CT molecular complexity index is 538. The molecule has 1 N–H and O–H groups in total. The lowest BCUT2D eigenvalue weighted by Gasteiger charge is -2.33. The molecular formula is C16H20F6O2. The number of rotatable bonds is 4. The van der Waals surface area contributed by atoms with Gasteiger partial charge in [-0.25, -0.2) is 0 Å². The average Bonchev–Trinajstić information content (AvgIpc) is 2.34. The fourth-order valence-corrected chi connectivity index (χ4v) is 2.86. The van der Waals surface area contributed by atoms with E-state index in [1.807, 2.05) is 20.8 Å². The quantitative estimate of drug-likeness (QED) is 0.574. The minimum atomic E-state index is -5.99. The Morgan fingerprint density at radius 3 is 2.08 bits per heavy atom. The van der Waals surface area contributed by atoms with Gasteiger partial charge in [0.1, 0.15) is 0 Å². The monoisotopic (exact) mass is 358 g/mol. The molecule has 0 aliphatic heterocycles. The van der Waals surface area contributed by atoms with E-state index in [1.54, 1.807) is 0 Å². The molecule has 138 valence electrons. The molecule has 0 aromatic heterocycles. The summed E-state index contributed by atoms with van der Waals surface area (Å²) < 4.78 is 75.5. The van der Waals surface area contributed by atoms with Gasteiger partial charge in [0.15, 0.2) is 5.78 Å². The Morgan fingerprint density at radius 2 is 1.67 bits per heavy atom. The van der Waals surface area contributed by atoms with Gasteiger partial charge in [-0.3, -0.25) is 4.79 Å². The van der Waals surface area contributed by atoms with Gasteiger partial charge in [0.05, 0.1) is 6.42 Å². The maximum atomic E-state index is 12.6. The molecule has 0 aromatic carbocycles. The van der Waals surface area contributed by atoms with Gasteiger partial charge in [0, 0.05) is 0 Å². The van der Waals surface area contributed by atoms with Crippen molar-refractivity contribution in [1.29, 1.82) is 0 Å². The fourth-order valence-electron chi connectivity index (χ4n) is 2.86. The largest absolute Gasteiger partial charge is 0.426 e. The summed E-state index contributed by atoms with van der Waals surface area (Å²) in [5.41, 5.74) is -3.70. The Kier molecular flexibility index (Phi) is 5.65. The predicted octanol–water partition coefficient (Wildman–Crippen LogP) is 4.88. The van der Waals surface area contributed by atoms with E-state index in [1.165, 1.54) is 6.08 Å². The van der Waals surface area contributed by atoms with Crippen LogP contribution in [0.5, 0.6) is 0 Å².